The summed E-state index contributed by atoms with van der Waals surface area (Å²) in [5.41, 5.74) is 1.63. The number of anilines is 2. The monoisotopic (exact) mass is 340 g/mol. The molecule has 0 aromatic heterocycles. The van der Waals surface area contributed by atoms with Gasteiger partial charge in [0.25, 0.3) is 11.8 Å². The van der Waals surface area contributed by atoms with Crippen molar-refractivity contribution in [3.8, 4) is 11.5 Å². The van der Waals surface area contributed by atoms with Crippen molar-refractivity contribution in [1.29, 1.82) is 0 Å². The third kappa shape index (κ3) is 4.29. The number of amides is 2. The van der Waals surface area contributed by atoms with Crippen molar-refractivity contribution < 1.29 is 19.1 Å². The lowest BCUT2D eigenvalue weighted by Crippen LogP contribution is -2.25. The Kier molecular flexibility index (Phi) is 5.18. The van der Waals surface area contributed by atoms with Crippen LogP contribution in [0.1, 0.15) is 30.1 Å². The summed E-state index contributed by atoms with van der Waals surface area (Å²) in [4.78, 5) is 23.8. The van der Waals surface area contributed by atoms with Crippen LogP contribution in [0.4, 0.5) is 11.4 Å². The van der Waals surface area contributed by atoms with E-state index in [0.29, 0.717) is 35.0 Å². The van der Waals surface area contributed by atoms with E-state index in [0.717, 1.165) is 12.8 Å². The van der Waals surface area contributed by atoms with Crippen LogP contribution in [0.15, 0.2) is 42.5 Å². The van der Waals surface area contributed by atoms with Crippen molar-refractivity contribution in [1.82, 2.24) is 0 Å². The predicted molar refractivity (Wildman–Crippen MR) is 95.4 cm³/mol. The normalized spacial score (nSPS) is 12.6. The Labute approximate surface area is 146 Å². The first-order valence-electron chi connectivity index (χ1n) is 8.26. The topological polar surface area (TPSA) is 76.7 Å². The maximum absolute atomic E-state index is 12.4. The van der Waals surface area contributed by atoms with Gasteiger partial charge in [0.15, 0.2) is 6.61 Å². The lowest BCUT2D eigenvalue weighted by Gasteiger charge is -2.18. The summed E-state index contributed by atoms with van der Waals surface area (Å²) in [6.45, 7) is 2.73. The molecule has 1 heterocycles. The summed E-state index contributed by atoms with van der Waals surface area (Å²) in [5.74, 6) is 0.799. The van der Waals surface area contributed by atoms with Crippen LogP contribution < -0.4 is 20.1 Å². The number of nitrogens with one attached hydrogen (secondary N) is 2. The molecule has 0 radical (unpaired) electrons. The highest BCUT2D eigenvalue weighted by molar-refractivity contribution is 6.05. The molecular weight excluding hydrogens is 320 g/mol. The Hall–Kier alpha value is -3.02. The van der Waals surface area contributed by atoms with Crippen molar-refractivity contribution in [2.75, 3.05) is 23.8 Å². The molecule has 1 aliphatic rings. The molecule has 0 saturated heterocycles. The van der Waals surface area contributed by atoms with Crippen LogP contribution >= 0.6 is 0 Å². The lowest BCUT2D eigenvalue weighted by molar-refractivity contribution is -0.118. The van der Waals surface area contributed by atoms with Crippen LogP contribution in [-0.2, 0) is 4.79 Å². The fourth-order valence-corrected chi connectivity index (χ4v) is 2.43. The Balaban J connectivity index is 1.69. The van der Waals surface area contributed by atoms with E-state index in [9.17, 15) is 9.59 Å². The van der Waals surface area contributed by atoms with E-state index in [1.807, 2.05) is 6.07 Å². The van der Waals surface area contributed by atoms with Gasteiger partial charge in [-0.25, -0.2) is 0 Å². The first-order chi connectivity index (χ1) is 12.2. The molecule has 0 unspecified atom stereocenters. The second kappa shape index (κ2) is 7.70. The number of hydrogen-bond acceptors (Lipinski definition) is 4. The molecule has 0 aliphatic carbocycles. The molecule has 2 N–H and O–H groups in total. The summed E-state index contributed by atoms with van der Waals surface area (Å²) in [6.07, 6.45) is 2.03. The third-order valence-electron chi connectivity index (χ3n) is 3.73. The Morgan fingerprint density at radius 2 is 2.16 bits per heavy atom. The maximum atomic E-state index is 12.4. The summed E-state index contributed by atoms with van der Waals surface area (Å²) in [7, 11) is 0. The van der Waals surface area contributed by atoms with Crippen molar-refractivity contribution >= 4 is 23.2 Å². The Bertz CT molecular complexity index is 789. The van der Waals surface area contributed by atoms with Gasteiger partial charge in [0.05, 0.1) is 12.3 Å². The smallest absolute Gasteiger partial charge is 0.262 e. The summed E-state index contributed by atoms with van der Waals surface area (Å²) < 4.78 is 10.9. The average Bonchev–Trinajstić information content (AvgIpc) is 2.62. The standard InChI is InChI=1S/C19H20N2O4/c1-2-3-9-24-15-6-4-5-13(10-15)19(23)20-14-7-8-17-16(11-14)21-18(22)12-25-17/h4-8,10-11H,2-3,9,12H2,1H3,(H,20,23)(H,21,22). The van der Waals surface area contributed by atoms with Crippen molar-refractivity contribution in [2.24, 2.45) is 0 Å². The third-order valence-corrected chi connectivity index (χ3v) is 3.73. The van der Waals surface area contributed by atoms with E-state index in [-0.39, 0.29) is 18.4 Å². The fraction of sp³-hybridized carbons (Fsp3) is 0.263. The zero-order valence-corrected chi connectivity index (χ0v) is 14.0. The molecule has 3 rings (SSSR count). The van der Waals surface area contributed by atoms with Gasteiger partial charge in [-0.05, 0) is 42.8 Å². The summed E-state index contributed by atoms with van der Waals surface area (Å²) >= 11 is 0. The second-order valence-corrected chi connectivity index (χ2v) is 5.73. The van der Waals surface area contributed by atoms with Crippen LogP contribution in [0.3, 0.4) is 0 Å². The highest BCUT2D eigenvalue weighted by Gasteiger charge is 2.16. The van der Waals surface area contributed by atoms with E-state index < -0.39 is 0 Å². The van der Waals surface area contributed by atoms with Gasteiger partial charge in [-0.1, -0.05) is 19.4 Å². The van der Waals surface area contributed by atoms with Crippen LogP contribution in [0.5, 0.6) is 11.5 Å². The van der Waals surface area contributed by atoms with Gasteiger partial charge in [0.1, 0.15) is 11.5 Å². The van der Waals surface area contributed by atoms with Crippen molar-refractivity contribution in [3.63, 3.8) is 0 Å². The van der Waals surface area contributed by atoms with E-state index in [2.05, 4.69) is 17.6 Å². The maximum Gasteiger partial charge on any atom is 0.262 e. The molecule has 2 aromatic carbocycles. The van der Waals surface area contributed by atoms with E-state index >= 15 is 0 Å². The number of hydrogen-bond donors (Lipinski definition) is 2. The molecule has 6 heteroatoms. The van der Waals surface area contributed by atoms with Crippen LogP contribution in [-0.4, -0.2) is 25.0 Å². The molecule has 2 aromatic rings. The van der Waals surface area contributed by atoms with Gasteiger partial charge in [-0.3, -0.25) is 9.59 Å². The van der Waals surface area contributed by atoms with Gasteiger partial charge in [-0.15, -0.1) is 0 Å². The highest BCUT2D eigenvalue weighted by Crippen LogP contribution is 2.30. The molecule has 0 spiro atoms. The minimum absolute atomic E-state index is 0.00350. The minimum Gasteiger partial charge on any atom is -0.494 e. The zero-order valence-electron chi connectivity index (χ0n) is 14.0. The zero-order chi connectivity index (χ0) is 17.6. The molecule has 1 aliphatic heterocycles. The number of unbranched alkanes of at least 4 members (excludes halogenated alkanes) is 1. The molecule has 0 fully saturated rings. The Morgan fingerprint density at radius 3 is 3.00 bits per heavy atom. The van der Waals surface area contributed by atoms with Crippen LogP contribution in [0, 0.1) is 0 Å². The molecule has 130 valence electrons. The quantitative estimate of drug-likeness (QED) is 0.790. The number of rotatable bonds is 6. The predicted octanol–water partition coefficient (Wildman–Crippen LogP) is 3.45. The number of carbonyl (C=O) groups excluding carboxylic acids is 2. The number of fused-ring (bicyclic) bond motifs is 1. The highest BCUT2D eigenvalue weighted by atomic mass is 16.5. The summed E-state index contributed by atoms with van der Waals surface area (Å²) in [6, 6.07) is 12.2. The van der Waals surface area contributed by atoms with Gasteiger partial charge < -0.3 is 20.1 Å². The molecule has 25 heavy (non-hydrogen) atoms. The molecule has 0 saturated carbocycles. The SMILES string of the molecule is CCCCOc1cccc(C(=O)Nc2ccc3c(c2)NC(=O)CO3)c1. The van der Waals surface area contributed by atoms with Gasteiger partial charge >= 0.3 is 0 Å². The molecule has 0 atom stereocenters. The summed E-state index contributed by atoms with van der Waals surface area (Å²) in [5, 5.41) is 5.53. The molecule has 6 nitrogen and oxygen atoms in total. The second-order valence-electron chi connectivity index (χ2n) is 5.73. The number of carbonyl (C=O) groups is 2. The van der Waals surface area contributed by atoms with Crippen molar-refractivity contribution in [3.05, 3.63) is 48.0 Å². The largest absolute Gasteiger partial charge is 0.494 e. The first-order valence-corrected chi connectivity index (χ1v) is 8.26. The van der Waals surface area contributed by atoms with Crippen molar-refractivity contribution in [2.45, 2.75) is 19.8 Å². The first kappa shape index (κ1) is 16.8. The molecular formula is C19H20N2O4. The van der Waals surface area contributed by atoms with E-state index in [1.54, 1.807) is 36.4 Å². The molecule has 0 bridgehead atoms. The van der Waals surface area contributed by atoms with Crippen LogP contribution in [0.2, 0.25) is 0 Å². The Morgan fingerprint density at radius 1 is 1.28 bits per heavy atom. The average molecular weight is 340 g/mol. The van der Waals surface area contributed by atoms with Gasteiger partial charge in [0, 0.05) is 11.3 Å². The lowest BCUT2D eigenvalue weighted by atomic mass is 10.2. The van der Waals surface area contributed by atoms with Crippen LogP contribution in [0.25, 0.3) is 0 Å². The van der Waals surface area contributed by atoms with E-state index in [4.69, 9.17) is 9.47 Å². The number of benzene rings is 2. The molecule has 2 amide bonds. The van der Waals surface area contributed by atoms with E-state index in [1.165, 1.54) is 0 Å². The fourth-order valence-electron chi connectivity index (χ4n) is 2.43. The van der Waals surface area contributed by atoms with Gasteiger partial charge in [-0.2, -0.15) is 0 Å². The number of ether oxygens (including phenoxy) is 2. The van der Waals surface area contributed by atoms with Gasteiger partial charge in [0.2, 0.25) is 0 Å². The minimum atomic E-state index is -0.246.